The predicted molar refractivity (Wildman–Crippen MR) is 28.3 cm³/mol. The molecule has 1 rings (SSSR count). The zero-order chi connectivity index (χ0) is 5.28. The molecular formula is C4H6O2S. The molecule has 0 radical (unpaired) electrons. The van der Waals surface area contributed by atoms with Gasteiger partial charge in [-0.15, -0.1) is 0 Å². The number of ether oxygens (including phenoxy) is 1. The van der Waals surface area contributed by atoms with Crippen LogP contribution in [0, 0.1) is 0 Å². The highest BCUT2D eigenvalue weighted by molar-refractivity contribution is 7.81. The Balaban J connectivity index is 2.48. The van der Waals surface area contributed by atoms with Crippen LogP contribution in [0.5, 0.6) is 0 Å². The summed E-state index contributed by atoms with van der Waals surface area (Å²) in [6.07, 6.45) is 0.766. The van der Waals surface area contributed by atoms with Crippen molar-refractivity contribution in [3.8, 4) is 0 Å². The highest BCUT2D eigenvalue weighted by Crippen LogP contribution is 2.10. The zero-order valence-corrected chi connectivity index (χ0v) is 4.65. The van der Waals surface area contributed by atoms with Crippen LogP contribution in [0.4, 0.5) is 0 Å². The fourth-order valence-corrected chi connectivity index (χ4v) is 0.665. The molecule has 0 amide bonds. The highest BCUT2D eigenvalue weighted by atomic mass is 32.1. The zero-order valence-electron chi connectivity index (χ0n) is 3.76. The van der Waals surface area contributed by atoms with Gasteiger partial charge in [0.1, 0.15) is 5.25 Å². The summed E-state index contributed by atoms with van der Waals surface area (Å²) in [6, 6.07) is 0. The fourth-order valence-electron chi connectivity index (χ4n) is 0.485. The van der Waals surface area contributed by atoms with E-state index in [-0.39, 0.29) is 11.2 Å². The lowest BCUT2D eigenvalue weighted by atomic mass is 10.4. The fraction of sp³-hybridized carbons (Fsp3) is 0.750. The van der Waals surface area contributed by atoms with Gasteiger partial charge in [0.15, 0.2) is 0 Å². The third-order valence-corrected chi connectivity index (χ3v) is 1.38. The van der Waals surface area contributed by atoms with E-state index < -0.39 is 0 Å². The van der Waals surface area contributed by atoms with Crippen LogP contribution < -0.4 is 0 Å². The number of carbonyl (C=O) groups excluding carboxylic acids is 1. The van der Waals surface area contributed by atoms with E-state index in [0.717, 1.165) is 6.42 Å². The first-order valence-corrected chi connectivity index (χ1v) is 2.67. The van der Waals surface area contributed by atoms with Crippen LogP contribution in [0.1, 0.15) is 6.42 Å². The average Bonchev–Trinajstić information content (AvgIpc) is 1.91. The van der Waals surface area contributed by atoms with Gasteiger partial charge in [-0.05, 0) is 0 Å². The lowest BCUT2D eigenvalue weighted by Gasteiger charge is -1.88. The smallest absolute Gasteiger partial charge is 0.318 e. The topological polar surface area (TPSA) is 26.3 Å². The Morgan fingerprint density at radius 3 is 2.71 bits per heavy atom. The summed E-state index contributed by atoms with van der Waals surface area (Å²) in [4.78, 5) is 10.3. The lowest BCUT2D eigenvalue weighted by molar-refractivity contribution is -0.137. The van der Waals surface area contributed by atoms with E-state index in [1.807, 2.05) is 0 Å². The van der Waals surface area contributed by atoms with Crippen LogP contribution in [0.3, 0.4) is 0 Å². The molecule has 40 valence electrons. The number of hydrogen-bond donors (Lipinski definition) is 1. The second-order valence-electron chi connectivity index (χ2n) is 1.47. The third-order valence-electron chi connectivity index (χ3n) is 0.908. The van der Waals surface area contributed by atoms with Crippen molar-refractivity contribution < 1.29 is 9.53 Å². The predicted octanol–water partition coefficient (Wildman–Crippen LogP) is 0.232. The Bertz CT molecular complexity index is 91.7. The second-order valence-corrected chi connectivity index (χ2v) is 2.10. The van der Waals surface area contributed by atoms with E-state index in [1.165, 1.54) is 0 Å². The van der Waals surface area contributed by atoms with Crippen molar-refractivity contribution >= 4 is 18.6 Å². The monoisotopic (exact) mass is 118 g/mol. The molecule has 0 N–H and O–H groups in total. The number of thiol groups is 1. The largest absolute Gasteiger partial charge is 0.465 e. The van der Waals surface area contributed by atoms with Gasteiger partial charge >= 0.3 is 5.97 Å². The van der Waals surface area contributed by atoms with Crippen LogP contribution in [0.15, 0.2) is 0 Å². The molecule has 1 aliphatic heterocycles. The van der Waals surface area contributed by atoms with Gasteiger partial charge < -0.3 is 4.74 Å². The number of esters is 1. The Morgan fingerprint density at radius 2 is 2.57 bits per heavy atom. The van der Waals surface area contributed by atoms with E-state index in [9.17, 15) is 4.79 Å². The quantitative estimate of drug-likeness (QED) is 0.364. The van der Waals surface area contributed by atoms with E-state index in [1.54, 1.807) is 0 Å². The van der Waals surface area contributed by atoms with Gasteiger partial charge in [-0.25, -0.2) is 0 Å². The van der Waals surface area contributed by atoms with Gasteiger partial charge in [-0.2, -0.15) is 12.6 Å². The Hall–Kier alpha value is -0.180. The summed E-state index contributed by atoms with van der Waals surface area (Å²) in [5.41, 5.74) is 0. The minimum atomic E-state index is -0.177. The molecule has 0 aliphatic carbocycles. The molecule has 7 heavy (non-hydrogen) atoms. The maximum absolute atomic E-state index is 10.3. The molecule has 0 unspecified atom stereocenters. The SMILES string of the molecule is O=C1OCC[C@@H]1S. The maximum atomic E-state index is 10.3. The van der Waals surface area contributed by atoms with Gasteiger partial charge in [0, 0.05) is 6.42 Å². The van der Waals surface area contributed by atoms with Crippen molar-refractivity contribution in [3.05, 3.63) is 0 Å². The molecular weight excluding hydrogens is 112 g/mol. The van der Waals surface area contributed by atoms with Crippen LogP contribution >= 0.6 is 12.6 Å². The van der Waals surface area contributed by atoms with Crippen molar-refractivity contribution in [1.29, 1.82) is 0 Å². The first-order chi connectivity index (χ1) is 3.30. The molecule has 0 saturated carbocycles. The Labute approximate surface area is 47.3 Å². The third kappa shape index (κ3) is 0.881. The second kappa shape index (κ2) is 1.74. The molecule has 0 bridgehead atoms. The normalized spacial score (nSPS) is 30.4. The van der Waals surface area contributed by atoms with Crippen LogP contribution in [0.2, 0.25) is 0 Å². The van der Waals surface area contributed by atoms with E-state index >= 15 is 0 Å². The molecule has 0 aromatic carbocycles. The molecule has 1 fully saturated rings. The number of cyclic esters (lactones) is 1. The Morgan fingerprint density at radius 1 is 1.86 bits per heavy atom. The maximum Gasteiger partial charge on any atom is 0.318 e. The number of rotatable bonds is 0. The van der Waals surface area contributed by atoms with Gasteiger partial charge in [-0.3, -0.25) is 4.79 Å². The lowest BCUT2D eigenvalue weighted by Crippen LogP contribution is -2.04. The highest BCUT2D eigenvalue weighted by Gasteiger charge is 2.21. The van der Waals surface area contributed by atoms with E-state index in [2.05, 4.69) is 17.4 Å². The summed E-state index contributed by atoms with van der Waals surface area (Å²) in [5, 5.41) is -0.153. The van der Waals surface area contributed by atoms with Crippen molar-refractivity contribution in [3.63, 3.8) is 0 Å². The molecule has 0 aromatic heterocycles. The molecule has 2 nitrogen and oxygen atoms in total. The van der Waals surface area contributed by atoms with Gasteiger partial charge in [0.2, 0.25) is 0 Å². The summed E-state index contributed by atoms with van der Waals surface area (Å²) in [6.45, 7) is 0.549. The molecule has 3 heteroatoms. The standard InChI is InChI=1S/C4H6O2S/c5-4-3(7)1-2-6-4/h3,7H,1-2H2/t3-/m0/s1. The van der Waals surface area contributed by atoms with Crippen molar-refractivity contribution in [2.75, 3.05) is 6.61 Å². The molecule has 1 aliphatic rings. The average molecular weight is 118 g/mol. The summed E-state index contributed by atoms with van der Waals surface area (Å²) < 4.78 is 4.55. The minimum Gasteiger partial charge on any atom is -0.465 e. The van der Waals surface area contributed by atoms with E-state index in [4.69, 9.17) is 0 Å². The van der Waals surface area contributed by atoms with Crippen LogP contribution in [0.25, 0.3) is 0 Å². The van der Waals surface area contributed by atoms with Crippen molar-refractivity contribution in [2.45, 2.75) is 11.7 Å². The minimum absolute atomic E-state index is 0.153. The number of carbonyl (C=O) groups is 1. The molecule has 0 aromatic rings. The molecule has 1 atom stereocenters. The first kappa shape index (κ1) is 4.97. The molecule has 0 spiro atoms. The summed E-state index contributed by atoms with van der Waals surface area (Å²) in [7, 11) is 0. The number of hydrogen-bond acceptors (Lipinski definition) is 3. The molecule has 1 saturated heterocycles. The Kier molecular flexibility index (Phi) is 1.23. The first-order valence-electron chi connectivity index (χ1n) is 2.15. The van der Waals surface area contributed by atoms with Crippen LogP contribution in [-0.4, -0.2) is 17.8 Å². The summed E-state index contributed by atoms with van der Waals surface area (Å²) >= 11 is 3.91. The van der Waals surface area contributed by atoms with Gasteiger partial charge in [0.25, 0.3) is 0 Å². The van der Waals surface area contributed by atoms with Gasteiger partial charge in [0.05, 0.1) is 6.61 Å². The van der Waals surface area contributed by atoms with E-state index in [0.29, 0.717) is 6.61 Å². The van der Waals surface area contributed by atoms with Crippen LogP contribution in [-0.2, 0) is 9.53 Å². The van der Waals surface area contributed by atoms with Gasteiger partial charge in [-0.1, -0.05) is 0 Å². The summed E-state index contributed by atoms with van der Waals surface area (Å²) in [5.74, 6) is -0.177. The van der Waals surface area contributed by atoms with Crippen molar-refractivity contribution in [2.24, 2.45) is 0 Å². The molecule has 1 heterocycles. The van der Waals surface area contributed by atoms with Crippen molar-refractivity contribution in [1.82, 2.24) is 0 Å².